The van der Waals surface area contributed by atoms with Crippen LogP contribution in [0.4, 0.5) is 39.2 Å². The zero-order valence-electron chi connectivity index (χ0n) is 19.6. The molecule has 3 aromatic rings. The number of ether oxygens (including phenoxy) is 1. The molecule has 3 N–H and O–H groups in total. The Labute approximate surface area is 198 Å². The number of anilines is 6. The standard InChI is InChI=1S/C24H29FN8O/c1-24(2)15-27-22-19(34-24)8-9-20(30-22)29-21-18(25)14-26-23(31-21)28-16-4-6-17(7-5-16)33-12-10-32(3)11-13-33/h4-9,14H,10-13,15H2,1-3H3,(H3,26,27,28,29,30,31). The van der Waals surface area contributed by atoms with Gasteiger partial charge in [0.25, 0.3) is 0 Å². The number of hydrogen-bond acceptors (Lipinski definition) is 9. The highest BCUT2D eigenvalue weighted by atomic mass is 19.1. The number of benzene rings is 1. The fourth-order valence-electron chi connectivity index (χ4n) is 3.94. The van der Waals surface area contributed by atoms with Crippen molar-refractivity contribution < 1.29 is 9.13 Å². The monoisotopic (exact) mass is 464 g/mol. The van der Waals surface area contributed by atoms with Crippen molar-refractivity contribution >= 4 is 34.8 Å². The summed E-state index contributed by atoms with van der Waals surface area (Å²) in [5.41, 5.74) is 1.69. The van der Waals surface area contributed by atoms with Gasteiger partial charge in [0.1, 0.15) is 11.4 Å². The molecule has 4 heterocycles. The van der Waals surface area contributed by atoms with Gasteiger partial charge < -0.3 is 30.5 Å². The molecule has 0 saturated carbocycles. The number of hydrogen-bond donors (Lipinski definition) is 3. The summed E-state index contributed by atoms with van der Waals surface area (Å²) in [5, 5.41) is 9.33. The van der Waals surface area contributed by atoms with Crippen molar-refractivity contribution in [2.24, 2.45) is 0 Å². The van der Waals surface area contributed by atoms with E-state index in [4.69, 9.17) is 4.74 Å². The van der Waals surface area contributed by atoms with Crippen LogP contribution < -0.4 is 25.6 Å². The maximum atomic E-state index is 14.4. The molecule has 0 aliphatic carbocycles. The minimum atomic E-state index is -0.569. The van der Waals surface area contributed by atoms with E-state index in [1.54, 1.807) is 12.1 Å². The lowest BCUT2D eigenvalue weighted by Crippen LogP contribution is -2.44. The molecule has 2 aliphatic rings. The first-order chi connectivity index (χ1) is 16.3. The van der Waals surface area contributed by atoms with Crippen LogP contribution in [0.2, 0.25) is 0 Å². The molecule has 9 nitrogen and oxygen atoms in total. The number of piperazine rings is 1. The highest BCUT2D eigenvalue weighted by Gasteiger charge is 2.27. The number of likely N-dealkylation sites (N-methyl/N-ethyl adjacent to an activating group) is 1. The van der Waals surface area contributed by atoms with Crippen molar-refractivity contribution in [3.05, 3.63) is 48.4 Å². The van der Waals surface area contributed by atoms with Crippen molar-refractivity contribution in [3.8, 4) is 5.75 Å². The normalized spacial score (nSPS) is 17.4. The maximum absolute atomic E-state index is 14.4. The Hall–Kier alpha value is -3.66. The second-order valence-electron chi connectivity index (χ2n) is 9.24. The van der Waals surface area contributed by atoms with Gasteiger partial charge in [-0.25, -0.2) is 14.4 Å². The quantitative estimate of drug-likeness (QED) is 0.521. The average molecular weight is 465 g/mol. The second kappa shape index (κ2) is 8.94. The summed E-state index contributed by atoms with van der Waals surface area (Å²) < 4.78 is 20.3. The van der Waals surface area contributed by atoms with Crippen LogP contribution in [0.5, 0.6) is 5.75 Å². The van der Waals surface area contributed by atoms with Crippen LogP contribution in [-0.2, 0) is 0 Å². The zero-order valence-corrected chi connectivity index (χ0v) is 19.6. The van der Waals surface area contributed by atoms with E-state index in [9.17, 15) is 4.39 Å². The predicted octanol–water partition coefficient (Wildman–Crippen LogP) is 3.83. The molecular formula is C24H29FN8O. The van der Waals surface area contributed by atoms with Crippen LogP contribution in [0.15, 0.2) is 42.6 Å². The van der Waals surface area contributed by atoms with Crippen molar-refractivity contribution in [1.29, 1.82) is 0 Å². The van der Waals surface area contributed by atoms with E-state index in [-0.39, 0.29) is 17.4 Å². The Balaban J connectivity index is 1.27. The highest BCUT2D eigenvalue weighted by molar-refractivity contribution is 5.63. The molecule has 0 bridgehead atoms. The number of nitrogens with one attached hydrogen (secondary N) is 3. The van der Waals surface area contributed by atoms with Gasteiger partial charge in [-0.15, -0.1) is 0 Å². The topological polar surface area (TPSA) is 90.5 Å². The fourth-order valence-corrected chi connectivity index (χ4v) is 3.94. The van der Waals surface area contributed by atoms with Crippen LogP contribution in [0, 0.1) is 5.82 Å². The van der Waals surface area contributed by atoms with Gasteiger partial charge in [-0.2, -0.15) is 4.98 Å². The van der Waals surface area contributed by atoms with Gasteiger partial charge in [0.15, 0.2) is 23.2 Å². The van der Waals surface area contributed by atoms with Gasteiger partial charge in [-0.3, -0.25) is 0 Å². The highest BCUT2D eigenvalue weighted by Crippen LogP contribution is 2.33. The molecule has 5 rings (SSSR count). The van der Waals surface area contributed by atoms with Crippen LogP contribution in [-0.4, -0.2) is 65.2 Å². The van der Waals surface area contributed by atoms with Gasteiger partial charge in [-0.05, 0) is 57.3 Å². The molecule has 2 aromatic heterocycles. The summed E-state index contributed by atoms with van der Waals surface area (Å²) in [6.45, 7) is 8.75. The summed E-state index contributed by atoms with van der Waals surface area (Å²) in [6.07, 6.45) is 1.14. The smallest absolute Gasteiger partial charge is 0.229 e. The summed E-state index contributed by atoms with van der Waals surface area (Å²) in [5.74, 6) is 1.48. The van der Waals surface area contributed by atoms with Gasteiger partial charge >= 0.3 is 0 Å². The van der Waals surface area contributed by atoms with E-state index in [0.717, 1.165) is 38.1 Å². The number of fused-ring (bicyclic) bond motifs is 1. The molecule has 0 amide bonds. The van der Waals surface area contributed by atoms with E-state index < -0.39 is 5.82 Å². The minimum absolute atomic E-state index is 0.0380. The molecule has 178 valence electrons. The van der Waals surface area contributed by atoms with E-state index >= 15 is 0 Å². The van der Waals surface area contributed by atoms with Crippen LogP contribution >= 0.6 is 0 Å². The van der Waals surface area contributed by atoms with Crippen molar-refractivity contribution in [2.45, 2.75) is 19.4 Å². The predicted molar refractivity (Wildman–Crippen MR) is 132 cm³/mol. The van der Waals surface area contributed by atoms with Crippen molar-refractivity contribution in [1.82, 2.24) is 19.9 Å². The van der Waals surface area contributed by atoms with E-state index in [2.05, 4.69) is 59.9 Å². The zero-order chi connectivity index (χ0) is 23.7. The molecular weight excluding hydrogens is 435 g/mol. The molecule has 0 atom stereocenters. The van der Waals surface area contributed by atoms with E-state index in [1.165, 1.54) is 5.69 Å². The first kappa shape index (κ1) is 22.1. The van der Waals surface area contributed by atoms with Gasteiger partial charge in [0.2, 0.25) is 5.95 Å². The Morgan fingerprint density at radius 1 is 1.00 bits per heavy atom. The maximum Gasteiger partial charge on any atom is 0.229 e. The number of nitrogens with zero attached hydrogens (tertiary/aromatic N) is 5. The molecule has 1 fully saturated rings. The lowest BCUT2D eigenvalue weighted by molar-refractivity contribution is 0.115. The third-order valence-corrected chi connectivity index (χ3v) is 5.91. The largest absolute Gasteiger partial charge is 0.482 e. The number of pyridine rings is 1. The Morgan fingerprint density at radius 2 is 1.76 bits per heavy atom. The molecule has 34 heavy (non-hydrogen) atoms. The third-order valence-electron chi connectivity index (χ3n) is 5.91. The van der Waals surface area contributed by atoms with Gasteiger partial charge in [-0.1, -0.05) is 0 Å². The number of halogens is 1. The molecule has 0 spiro atoms. The Kier molecular flexibility index (Phi) is 5.82. The lowest BCUT2D eigenvalue weighted by Gasteiger charge is -2.34. The third kappa shape index (κ3) is 4.96. The van der Waals surface area contributed by atoms with Crippen molar-refractivity contribution in [2.75, 3.05) is 60.6 Å². The average Bonchev–Trinajstić information content (AvgIpc) is 2.82. The van der Waals surface area contributed by atoms with Crippen LogP contribution in [0.25, 0.3) is 0 Å². The molecule has 2 aliphatic heterocycles. The lowest BCUT2D eigenvalue weighted by atomic mass is 10.1. The molecule has 10 heteroatoms. The van der Waals surface area contributed by atoms with Gasteiger partial charge in [0, 0.05) is 37.6 Å². The Morgan fingerprint density at radius 3 is 2.53 bits per heavy atom. The molecule has 1 saturated heterocycles. The SMILES string of the molecule is CN1CCN(c2ccc(Nc3ncc(F)c(Nc4ccc5c(n4)NCC(C)(C)O5)n3)cc2)CC1. The first-order valence-corrected chi connectivity index (χ1v) is 11.4. The summed E-state index contributed by atoms with van der Waals surface area (Å²) in [7, 11) is 2.14. The Bertz CT molecular complexity index is 1160. The van der Waals surface area contributed by atoms with Crippen molar-refractivity contribution in [3.63, 3.8) is 0 Å². The first-order valence-electron chi connectivity index (χ1n) is 11.4. The van der Waals surface area contributed by atoms with E-state index in [0.29, 0.717) is 23.9 Å². The number of aromatic nitrogens is 3. The summed E-state index contributed by atoms with van der Waals surface area (Å²) in [6, 6.07) is 11.6. The minimum Gasteiger partial charge on any atom is -0.482 e. The van der Waals surface area contributed by atoms with Crippen LogP contribution in [0.1, 0.15) is 13.8 Å². The summed E-state index contributed by atoms with van der Waals surface area (Å²) in [4.78, 5) is 17.6. The van der Waals surface area contributed by atoms with Crippen LogP contribution in [0.3, 0.4) is 0 Å². The van der Waals surface area contributed by atoms with Gasteiger partial charge in [0.05, 0.1) is 12.7 Å². The molecule has 1 aromatic carbocycles. The fraction of sp³-hybridized carbons (Fsp3) is 0.375. The summed E-state index contributed by atoms with van der Waals surface area (Å²) >= 11 is 0. The second-order valence-corrected chi connectivity index (χ2v) is 9.24. The molecule has 0 radical (unpaired) electrons. The molecule has 0 unspecified atom stereocenters. The number of rotatable bonds is 5. The van der Waals surface area contributed by atoms with E-state index in [1.807, 2.05) is 26.0 Å².